The lowest BCUT2D eigenvalue weighted by Gasteiger charge is -2.45. The molecule has 0 amide bonds. The van der Waals surface area contributed by atoms with Crippen LogP contribution in [-0.2, 0) is 0 Å². The van der Waals surface area contributed by atoms with Gasteiger partial charge in [0.2, 0.25) is 0 Å². The summed E-state index contributed by atoms with van der Waals surface area (Å²) >= 11 is 0. The minimum atomic E-state index is 0.689. The minimum absolute atomic E-state index is 0.689. The van der Waals surface area contributed by atoms with Crippen LogP contribution in [0, 0.1) is 17.8 Å². The van der Waals surface area contributed by atoms with Gasteiger partial charge in [0.1, 0.15) is 0 Å². The molecule has 4 unspecified atom stereocenters. The molecular weight excluding hydrogens is 232 g/mol. The zero-order valence-electron chi connectivity index (χ0n) is 14.1. The van der Waals surface area contributed by atoms with E-state index in [-0.39, 0.29) is 0 Å². The standard InChI is InChI=1S/C17H36N2/c1-7-9-14(5)11-19-12-16(15(6)8-2)18-10-17(19)13(3)4/h13-18H,7-12H2,1-6H3. The first-order valence-corrected chi connectivity index (χ1v) is 8.46. The lowest BCUT2D eigenvalue weighted by Crippen LogP contribution is -2.60. The lowest BCUT2D eigenvalue weighted by atomic mass is 9.91. The van der Waals surface area contributed by atoms with Gasteiger partial charge in [0.15, 0.2) is 0 Å². The third-order valence-corrected chi connectivity index (χ3v) is 4.92. The molecule has 1 N–H and O–H groups in total. The molecule has 1 rings (SSSR count). The average Bonchev–Trinajstić information content (AvgIpc) is 2.37. The molecule has 1 aliphatic rings. The smallest absolute Gasteiger partial charge is 0.0244 e. The summed E-state index contributed by atoms with van der Waals surface area (Å²) < 4.78 is 0. The van der Waals surface area contributed by atoms with Crippen molar-refractivity contribution in [3.05, 3.63) is 0 Å². The number of nitrogens with zero attached hydrogens (tertiary/aromatic N) is 1. The van der Waals surface area contributed by atoms with Crippen LogP contribution in [0.25, 0.3) is 0 Å². The molecule has 114 valence electrons. The SMILES string of the molecule is CCCC(C)CN1CC(C(C)CC)NCC1C(C)C. The van der Waals surface area contributed by atoms with E-state index in [0.29, 0.717) is 6.04 Å². The molecule has 0 aromatic rings. The van der Waals surface area contributed by atoms with Crippen molar-refractivity contribution in [1.82, 2.24) is 10.2 Å². The van der Waals surface area contributed by atoms with Crippen LogP contribution in [0.5, 0.6) is 0 Å². The summed E-state index contributed by atoms with van der Waals surface area (Å²) in [5.41, 5.74) is 0. The predicted molar refractivity (Wildman–Crippen MR) is 85.5 cm³/mol. The zero-order chi connectivity index (χ0) is 14.4. The van der Waals surface area contributed by atoms with Gasteiger partial charge in [-0.05, 0) is 24.2 Å². The van der Waals surface area contributed by atoms with Gasteiger partial charge in [-0.15, -0.1) is 0 Å². The molecule has 2 heteroatoms. The molecule has 1 fully saturated rings. The van der Waals surface area contributed by atoms with Crippen LogP contribution in [0.2, 0.25) is 0 Å². The van der Waals surface area contributed by atoms with Gasteiger partial charge in [-0.2, -0.15) is 0 Å². The molecule has 0 radical (unpaired) electrons. The van der Waals surface area contributed by atoms with Gasteiger partial charge in [-0.3, -0.25) is 4.90 Å². The first-order valence-electron chi connectivity index (χ1n) is 8.46. The maximum absolute atomic E-state index is 3.79. The van der Waals surface area contributed by atoms with Crippen LogP contribution in [0.4, 0.5) is 0 Å². The Bertz CT molecular complexity index is 239. The highest BCUT2D eigenvalue weighted by Crippen LogP contribution is 2.22. The normalized spacial score (nSPS) is 28.6. The van der Waals surface area contributed by atoms with E-state index in [9.17, 15) is 0 Å². The van der Waals surface area contributed by atoms with Crippen molar-refractivity contribution in [3.63, 3.8) is 0 Å². The fraction of sp³-hybridized carbons (Fsp3) is 1.00. The summed E-state index contributed by atoms with van der Waals surface area (Å²) in [5, 5.41) is 3.79. The van der Waals surface area contributed by atoms with Gasteiger partial charge in [-0.1, -0.05) is 54.4 Å². The van der Waals surface area contributed by atoms with Gasteiger partial charge in [-0.25, -0.2) is 0 Å². The van der Waals surface area contributed by atoms with Gasteiger partial charge in [0, 0.05) is 31.7 Å². The van der Waals surface area contributed by atoms with Crippen LogP contribution < -0.4 is 5.32 Å². The fourth-order valence-electron chi connectivity index (χ4n) is 3.37. The topological polar surface area (TPSA) is 15.3 Å². The van der Waals surface area contributed by atoms with E-state index in [0.717, 1.165) is 23.8 Å². The molecule has 0 bridgehead atoms. The highest BCUT2D eigenvalue weighted by molar-refractivity contribution is 4.90. The molecule has 1 heterocycles. The first kappa shape index (κ1) is 17.0. The molecule has 1 aliphatic heterocycles. The summed E-state index contributed by atoms with van der Waals surface area (Å²) in [5.74, 6) is 2.37. The summed E-state index contributed by atoms with van der Waals surface area (Å²) in [4.78, 5) is 2.78. The van der Waals surface area contributed by atoms with Gasteiger partial charge in [0.05, 0.1) is 0 Å². The third-order valence-electron chi connectivity index (χ3n) is 4.92. The number of hydrogen-bond donors (Lipinski definition) is 1. The Morgan fingerprint density at radius 1 is 1.16 bits per heavy atom. The second kappa shape index (κ2) is 8.26. The number of hydrogen-bond acceptors (Lipinski definition) is 2. The predicted octanol–water partition coefficient (Wildman–Crippen LogP) is 3.77. The molecule has 0 aromatic carbocycles. The van der Waals surface area contributed by atoms with E-state index in [1.165, 1.54) is 38.9 Å². The fourth-order valence-corrected chi connectivity index (χ4v) is 3.37. The van der Waals surface area contributed by atoms with Crippen LogP contribution in [0.1, 0.15) is 60.8 Å². The maximum Gasteiger partial charge on any atom is 0.0244 e. The third kappa shape index (κ3) is 5.07. The van der Waals surface area contributed by atoms with Crippen LogP contribution in [0.15, 0.2) is 0 Å². The maximum atomic E-state index is 3.79. The van der Waals surface area contributed by atoms with Gasteiger partial charge >= 0.3 is 0 Å². The Morgan fingerprint density at radius 3 is 2.37 bits per heavy atom. The monoisotopic (exact) mass is 268 g/mol. The molecule has 19 heavy (non-hydrogen) atoms. The Balaban J connectivity index is 2.62. The number of nitrogens with one attached hydrogen (secondary N) is 1. The Hall–Kier alpha value is -0.0800. The quantitative estimate of drug-likeness (QED) is 0.756. The van der Waals surface area contributed by atoms with Crippen molar-refractivity contribution in [2.45, 2.75) is 72.9 Å². The molecule has 2 nitrogen and oxygen atoms in total. The van der Waals surface area contributed by atoms with E-state index >= 15 is 0 Å². The number of piperazine rings is 1. The van der Waals surface area contributed by atoms with Crippen LogP contribution in [-0.4, -0.2) is 36.6 Å². The Morgan fingerprint density at radius 2 is 1.84 bits per heavy atom. The molecule has 1 saturated heterocycles. The van der Waals surface area contributed by atoms with E-state index in [1.54, 1.807) is 0 Å². The molecule has 0 spiro atoms. The second-order valence-electron chi connectivity index (χ2n) is 7.06. The van der Waals surface area contributed by atoms with Crippen LogP contribution in [0.3, 0.4) is 0 Å². The van der Waals surface area contributed by atoms with Crippen molar-refractivity contribution in [2.75, 3.05) is 19.6 Å². The summed E-state index contributed by atoms with van der Waals surface area (Å²) in [6.07, 6.45) is 3.96. The van der Waals surface area contributed by atoms with E-state index in [4.69, 9.17) is 0 Å². The molecule has 0 saturated carbocycles. The van der Waals surface area contributed by atoms with E-state index < -0.39 is 0 Å². The molecule has 4 atom stereocenters. The summed E-state index contributed by atoms with van der Waals surface area (Å²) in [7, 11) is 0. The van der Waals surface area contributed by atoms with Crippen molar-refractivity contribution < 1.29 is 0 Å². The largest absolute Gasteiger partial charge is 0.311 e. The molecule has 0 aromatic heterocycles. The van der Waals surface area contributed by atoms with Crippen molar-refractivity contribution in [1.29, 1.82) is 0 Å². The lowest BCUT2D eigenvalue weighted by molar-refractivity contribution is 0.0681. The molecular formula is C17H36N2. The van der Waals surface area contributed by atoms with Crippen LogP contribution >= 0.6 is 0 Å². The molecule has 0 aliphatic carbocycles. The average molecular weight is 268 g/mol. The number of rotatable bonds is 7. The minimum Gasteiger partial charge on any atom is -0.311 e. The van der Waals surface area contributed by atoms with Gasteiger partial charge < -0.3 is 5.32 Å². The van der Waals surface area contributed by atoms with E-state index in [1.807, 2.05) is 0 Å². The first-order chi connectivity index (χ1) is 8.99. The summed E-state index contributed by atoms with van der Waals surface area (Å²) in [6.45, 7) is 17.9. The second-order valence-corrected chi connectivity index (χ2v) is 7.06. The highest BCUT2D eigenvalue weighted by atomic mass is 15.2. The van der Waals surface area contributed by atoms with Crippen molar-refractivity contribution in [2.24, 2.45) is 17.8 Å². The van der Waals surface area contributed by atoms with Gasteiger partial charge in [0.25, 0.3) is 0 Å². The zero-order valence-corrected chi connectivity index (χ0v) is 14.1. The Labute approximate surface area is 121 Å². The highest BCUT2D eigenvalue weighted by Gasteiger charge is 2.32. The van der Waals surface area contributed by atoms with Crippen molar-refractivity contribution in [3.8, 4) is 0 Å². The van der Waals surface area contributed by atoms with E-state index in [2.05, 4.69) is 51.8 Å². The Kier molecular flexibility index (Phi) is 7.38. The van der Waals surface area contributed by atoms with Crippen molar-refractivity contribution >= 4 is 0 Å². The summed E-state index contributed by atoms with van der Waals surface area (Å²) in [6, 6.07) is 1.41.